The molecule has 3 aromatic carbocycles. The van der Waals surface area contributed by atoms with Gasteiger partial charge < -0.3 is 4.57 Å². The van der Waals surface area contributed by atoms with E-state index in [0.717, 1.165) is 28.1 Å². The van der Waals surface area contributed by atoms with Crippen LogP contribution in [-0.4, -0.2) is 13.9 Å². The van der Waals surface area contributed by atoms with Gasteiger partial charge in [0.1, 0.15) is 5.82 Å². The molecule has 0 saturated heterocycles. The predicted molar refractivity (Wildman–Crippen MR) is 118 cm³/mol. The minimum atomic E-state index is -0.310. The number of para-hydroxylation sites is 1. The van der Waals surface area contributed by atoms with E-state index in [1.807, 2.05) is 65.0 Å². The third-order valence-electron chi connectivity index (χ3n) is 5.26. The minimum Gasteiger partial charge on any atom is -0.314 e. The summed E-state index contributed by atoms with van der Waals surface area (Å²) in [5, 5.41) is 1.21. The van der Waals surface area contributed by atoms with E-state index < -0.39 is 0 Å². The molecule has 0 aliphatic carbocycles. The molecule has 0 radical (unpaired) electrons. The van der Waals surface area contributed by atoms with Crippen molar-refractivity contribution in [3.05, 3.63) is 106 Å². The Balaban J connectivity index is 1.86. The van der Waals surface area contributed by atoms with Crippen molar-refractivity contribution in [1.29, 1.82) is 0 Å². The lowest BCUT2D eigenvalue weighted by molar-refractivity contribution is 0.627. The van der Waals surface area contributed by atoms with E-state index in [1.54, 1.807) is 28.9 Å². The van der Waals surface area contributed by atoms with Crippen LogP contribution in [0, 0.1) is 5.82 Å². The summed E-state index contributed by atoms with van der Waals surface area (Å²) in [6.45, 7) is 0. The number of aryl methyl sites for hydroxylation is 1. The Bertz CT molecular complexity index is 1410. The molecule has 0 fully saturated rings. The second-order valence-electron chi connectivity index (χ2n) is 7.07. The lowest BCUT2D eigenvalue weighted by atomic mass is 10.1. The number of fused-ring (bicyclic) bond motifs is 1. The summed E-state index contributed by atoms with van der Waals surface area (Å²) in [6.07, 6.45) is 1.91. The first-order chi connectivity index (χ1) is 14.5. The summed E-state index contributed by atoms with van der Waals surface area (Å²) >= 11 is 6.09. The number of rotatable bonds is 3. The third kappa shape index (κ3) is 2.86. The van der Waals surface area contributed by atoms with Gasteiger partial charge in [-0.05, 0) is 54.1 Å². The van der Waals surface area contributed by atoms with Crippen LogP contribution in [0.5, 0.6) is 0 Å². The Labute approximate surface area is 177 Å². The van der Waals surface area contributed by atoms with Gasteiger partial charge in [0.25, 0.3) is 5.56 Å². The number of benzene rings is 3. The van der Waals surface area contributed by atoms with Gasteiger partial charge in [-0.2, -0.15) is 0 Å². The van der Waals surface area contributed by atoms with Crippen molar-refractivity contribution in [3.63, 3.8) is 0 Å². The molecule has 5 aromatic rings. The van der Waals surface area contributed by atoms with Gasteiger partial charge in [-0.1, -0.05) is 41.9 Å². The highest BCUT2D eigenvalue weighted by atomic mass is 35.5. The van der Waals surface area contributed by atoms with Gasteiger partial charge in [0, 0.05) is 24.0 Å². The fraction of sp³-hybridized carbons (Fsp3) is 0.0417. The van der Waals surface area contributed by atoms with Crippen LogP contribution in [-0.2, 0) is 7.05 Å². The van der Waals surface area contributed by atoms with E-state index in [4.69, 9.17) is 11.6 Å². The summed E-state index contributed by atoms with van der Waals surface area (Å²) in [5.74, 6) is -0.310. The molecule has 0 spiro atoms. The fourth-order valence-corrected chi connectivity index (χ4v) is 3.98. The van der Waals surface area contributed by atoms with Crippen LogP contribution in [0.1, 0.15) is 0 Å². The molecule has 2 aromatic heterocycles. The Morgan fingerprint density at radius 2 is 1.50 bits per heavy atom. The highest BCUT2D eigenvalue weighted by molar-refractivity contribution is 6.30. The molecule has 2 heterocycles. The summed E-state index contributed by atoms with van der Waals surface area (Å²) in [6, 6.07) is 23.1. The molecule has 0 bridgehead atoms. The lowest BCUT2D eigenvalue weighted by Gasteiger charge is -2.11. The van der Waals surface area contributed by atoms with Crippen molar-refractivity contribution in [2.45, 2.75) is 0 Å². The molecule has 0 aliphatic rings. The second kappa shape index (κ2) is 7.04. The van der Waals surface area contributed by atoms with Crippen LogP contribution in [0.4, 0.5) is 4.39 Å². The average Bonchev–Trinajstić information content (AvgIpc) is 3.26. The van der Waals surface area contributed by atoms with Gasteiger partial charge in [0.2, 0.25) is 0 Å². The highest BCUT2D eigenvalue weighted by Crippen LogP contribution is 2.33. The van der Waals surface area contributed by atoms with E-state index in [1.165, 1.54) is 12.1 Å². The largest absolute Gasteiger partial charge is 0.314 e. The van der Waals surface area contributed by atoms with Crippen molar-refractivity contribution < 1.29 is 4.39 Å². The number of halogens is 2. The van der Waals surface area contributed by atoms with E-state index in [9.17, 15) is 9.18 Å². The average molecular weight is 418 g/mol. The van der Waals surface area contributed by atoms with Crippen LogP contribution in [0.2, 0.25) is 5.02 Å². The maximum Gasteiger partial charge on any atom is 0.281 e. The fourth-order valence-electron chi connectivity index (χ4n) is 3.86. The molecule has 6 heteroatoms. The first kappa shape index (κ1) is 18.5. The monoisotopic (exact) mass is 417 g/mol. The number of hydrogen-bond donors (Lipinski definition) is 0. The zero-order valence-corrected chi connectivity index (χ0v) is 16.8. The molecular weight excluding hydrogens is 401 g/mol. The molecule has 148 valence electrons. The summed E-state index contributed by atoms with van der Waals surface area (Å²) in [4.78, 5) is 13.6. The van der Waals surface area contributed by atoms with Crippen LogP contribution < -0.4 is 5.56 Å². The molecule has 0 amide bonds. The first-order valence-corrected chi connectivity index (χ1v) is 9.83. The van der Waals surface area contributed by atoms with Gasteiger partial charge in [0.15, 0.2) is 0 Å². The maximum atomic E-state index is 13.6. The Morgan fingerprint density at radius 1 is 0.833 bits per heavy atom. The van der Waals surface area contributed by atoms with E-state index in [0.29, 0.717) is 10.4 Å². The Kier molecular flexibility index (Phi) is 4.33. The van der Waals surface area contributed by atoms with Gasteiger partial charge in [-0.25, -0.2) is 9.07 Å². The zero-order chi connectivity index (χ0) is 20.8. The SMILES string of the molecule is Cn1c2cn(-c3ccc(F)cc3)c(-c3ccc(Cl)cc3)c2c(=O)n1-c1ccccc1. The predicted octanol–water partition coefficient (Wildman–Crippen LogP) is 5.58. The van der Waals surface area contributed by atoms with Crippen molar-refractivity contribution in [2.24, 2.45) is 7.05 Å². The summed E-state index contributed by atoms with van der Waals surface area (Å²) in [7, 11) is 1.86. The second-order valence-corrected chi connectivity index (χ2v) is 7.50. The van der Waals surface area contributed by atoms with Gasteiger partial charge in [-0.3, -0.25) is 9.48 Å². The first-order valence-electron chi connectivity index (χ1n) is 9.45. The van der Waals surface area contributed by atoms with Crippen molar-refractivity contribution in [2.75, 3.05) is 0 Å². The molecule has 0 atom stereocenters. The van der Waals surface area contributed by atoms with E-state index in [-0.39, 0.29) is 11.4 Å². The summed E-state index contributed by atoms with van der Waals surface area (Å²) in [5.41, 5.74) is 3.80. The van der Waals surface area contributed by atoms with Crippen molar-refractivity contribution in [1.82, 2.24) is 13.9 Å². The number of aromatic nitrogens is 3. The highest BCUT2D eigenvalue weighted by Gasteiger charge is 2.22. The molecule has 0 saturated carbocycles. The molecule has 0 unspecified atom stereocenters. The quantitative estimate of drug-likeness (QED) is 0.377. The van der Waals surface area contributed by atoms with E-state index in [2.05, 4.69) is 0 Å². The molecule has 0 aliphatic heterocycles. The maximum absolute atomic E-state index is 13.6. The minimum absolute atomic E-state index is 0.121. The lowest BCUT2D eigenvalue weighted by Crippen LogP contribution is -2.20. The third-order valence-corrected chi connectivity index (χ3v) is 5.52. The standard InChI is InChI=1S/C24H17ClFN3O/c1-27-21-15-28(19-13-11-18(26)12-14-19)23(16-7-9-17(25)10-8-16)22(21)24(30)29(27)20-5-3-2-4-6-20/h2-15H,1H3. The van der Waals surface area contributed by atoms with Crippen LogP contribution in [0.25, 0.3) is 33.5 Å². The van der Waals surface area contributed by atoms with Crippen molar-refractivity contribution >= 4 is 22.5 Å². The van der Waals surface area contributed by atoms with Crippen LogP contribution in [0.3, 0.4) is 0 Å². The van der Waals surface area contributed by atoms with Gasteiger partial charge in [0.05, 0.1) is 22.3 Å². The van der Waals surface area contributed by atoms with Crippen molar-refractivity contribution in [3.8, 4) is 22.6 Å². The van der Waals surface area contributed by atoms with Crippen LogP contribution in [0.15, 0.2) is 89.9 Å². The smallest absolute Gasteiger partial charge is 0.281 e. The Morgan fingerprint density at radius 3 is 2.17 bits per heavy atom. The molecule has 0 N–H and O–H groups in total. The molecule has 30 heavy (non-hydrogen) atoms. The number of hydrogen-bond acceptors (Lipinski definition) is 1. The van der Waals surface area contributed by atoms with Gasteiger partial charge >= 0.3 is 0 Å². The van der Waals surface area contributed by atoms with E-state index >= 15 is 0 Å². The normalized spacial score (nSPS) is 11.3. The number of nitrogens with zero attached hydrogens (tertiary/aromatic N) is 3. The molecule has 5 rings (SSSR count). The summed E-state index contributed by atoms with van der Waals surface area (Å²) < 4.78 is 18.9. The van der Waals surface area contributed by atoms with Gasteiger partial charge in [-0.15, -0.1) is 0 Å². The van der Waals surface area contributed by atoms with Crippen LogP contribution >= 0.6 is 11.6 Å². The zero-order valence-electron chi connectivity index (χ0n) is 16.1. The molecular formula is C24H17ClFN3O. The Hall–Kier alpha value is -3.57. The topological polar surface area (TPSA) is 31.9 Å². The molecule has 4 nitrogen and oxygen atoms in total.